The first-order valence-corrected chi connectivity index (χ1v) is 10.2. The Kier molecular flexibility index (Phi) is 4.16. The smallest absolute Gasteiger partial charge is 0.228 e. The van der Waals surface area contributed by atoms with Crippen LogP contribution in [0.1, 0.15) is 36.1 Å². The SMILES string of the molecule is Nc1nnc(-c2ccc3c(c2)C(c2cccc(N4CCCCC4=O)n2)=CC3)s1. The van der Waals surface area contributed by atoms with Crippen LogP contribution in [0.25, 0.3) is 16.1 Å². The van der Waals surface area contributed by atoms with Crippen LogP contribution in [0.3, 0.4) is 0 Å². The van der Waals surface area contributed by atoms with Crippen LogP contribution < -0.4 is 10.6 Å². The van der Waals surface area contributed by atoms with E-state index in [1.807, 2.05) is 23.1 Å². The Morgan fingerprint density at radius 2 is 2.04 bits per heavy atom. The summed E-state index contributed by atoms with van der Waals surface area (Å²) >= 11 is 1.38. The summed E-state index contributed by atoms with van der Waals surface area (Å²) in [7, 11) is 0. The van der Waals surface area contributed by atoms with Crippen molar-refractivity contribution < 1.29 is 4.79 Å². The molecule has 1 aliphatic carbocycles. The quantitative estimate of drug-likeness (QED) is 0.738. The maximum Gasteiger partial charge on any atom is 0.228 e. The second kappa shape index (κ2) is 6.83. The molecule has 140 valence electrons. The molecule has 5 rings (SSSR count). The third kappa shape index (κ3) is 2.97. The number of nitrogens with two attached hydrogens (primary N) is 1. The molecule has 1 fully saturated rings. The number of carbonyl (C=O) groups excluding carboxylic acids is 1. The molecule has 1 saturated heterocycles. The van der Waals surface area contributed by atoms with Crippen LogP contribution in [0.4, 0.5) is 10.9 Å². The molecule has 0 saturated carbocycles. The number of pyridine rings is 1. The molecule has 0 bridgehead atoms. The van der Waals surface area contributed by atoms with Gasteiger partial charge in [0.2, 0.25) is 11.0 Å². The Labute approximate surface area is 166 Å². The van der Waals surface area contributed by atoms with Crippen molar-refractivity contribution in [2.75, 3.05) is 17.2 Å². The number of nitrogen functional groups attached to an aromatic ring is 1. The van der Waals surface area contributed by atoms with Gasteiger partial charge < -0.3 is 5.73 Å². The van der Waals surface area contributed by atoms with Gasteiger partial charge >= 0.3 is 0 Å². The first kappa shape index (κ1) is 17.1. The van der Waals surface area contributed by atoms with Crippen molar-refractivity contribution in [1.29, 1.82) is 0 Å². The number of hydrogen-bond acceptors (Lipinski definition) is 6. The molecule has 1 amide bonds. The molecule has 2 aromatic heterocycles. The molecule has 7 heteroatoms. The highest BCUT2D eigenvalue weighted by atomic mass is 32.1. The summed E-state index contributed by atoms with van der Waals surface area (Å²) in [5, 5.41) is 9.35. The molecule has 0 spiro atoms. The van der Waals surface area contributed by atoms with E-state index in [4.69, 9.17) is 10.7 Å². The van der Waals surface area contributed by atoms with Crippen LogP contribution in [0.15, 0.2) is 42.5 Å². The van der Waals surface area contributed by atoms with E-state index in [0.29, 0.717) is 11.6 Å². The van der Waals surface area contributed by atoms with Crippen LogP contribution in [0, 0.1) is 0 Å². The van der Waals surface area contributed by atoms with E-state index in [2.05, 4.69) is 34.5 Å². The van der Waals surface area contributed by atoms with Gasteiger partial charge in [-0.05, 0) is 48.6 Å². The topological polar surface area (TPSA) is 85.0 Å². The summed E-state index contributed by atoms with van der Waals surface area (Å²) in [4.78, 5) is 18.9. The Bertz CT molecular complexity index is 1100. The minimum atomic E-state index is 0.160. The van der Waals surface area contributed by atoms with E-state index in [9.17, 15) is 4.79 Å². The summed E-state index contributed by atoms with van der Waals surface area (Å²) in [5.41, 5.74) is 11.1. The van der Waals surface area contributed by atoms with E-state index in [1.54, 1.807) is 0 Å². The lowest BCUT2D eigenvalue weighted by atomic mass is 10.00. The number of amides is 1. The zero-order valence-electron chi connectivity index (χ0n) is 15.3. The fourth-order valence-corrected chi connectivity index (χ4v) is 4.43. The van der Waals surface area contributed by atoms with Gasteiger partial charge in [-0.3, -0.25) is 9.69 Å². The van der Waals surface area contributed by atoms with E-state index in [-0.39, 0.29) is 5.91 Å². The highest BCUT2D eigenvalue weighted by Gasteiger charge is 2.23. The number of aromatic nitrogens is 3. The minimum absolute atomic E-state index is 0.160. The van der Waals surface area contributed by atoms with Crippen LogP contribution in [-0.2, 0) is 11.2 Å². The summed E-state index contributed by atoms with van der Waals surface area (Å²) in [5.74, 6) is 0.900. The summed E-state index contributed by atoms with van der Waals surface area (Å²) in [6.07, 6.45) is 5.67. The Balaban J connectivity index is 1.51. The fraction of sp³-hybridized carbons (Fsp3) is 0.238. The monoisotopic (exact) mass is 389 g/mol. The number of nitrogens with zero attached hydrogens (tertiary/aromatic N) is 4. The van der Waals surface area contributed by atoms with E-state index in [0.717, 1.165) is 59.0 Å². The lowest BCUT2D eigenvalue weighted by Gasteiger charge is -2.26. The van der Waals surface area contributed by atoms with Crippen LogP contribution in [0.2, 0.25) is 0 Å². The molecule has 1 aliphatic heterocycles. The molecule has 6 nitrogen and oxygen atoms in total. The maximum atomic E-state index is 12.3. The Morgan fingerprint density at radius 1 is 1.11 bits per heavy atom. The van der Waals surface area contributed by atoms with Crippen molar-refractivity contribution in [3.63, 3.8) is 0 Å². The number of benzene rings is 1. The molecule has 0 radical (unpaired) electrons. The first-order chi connectivity index (χ1) is 13.7. The second-order valence-electron chi connectivity index (χ2n) is 7.02. The van der Waals surface area contributed by atoms with E-state index >= 15 is 0 Å². The number of piperidine rings is 1. The van der Waals surface area contributed by atoms with Crippen LogP contribution in [-0.4, -0.2) is 27.6 Å². The normalized spacial score (nSPS) is 16.2. The first-order valence-electron chi connectivity index (χ1n) is 9.39. The maximum absolute atomic E-state index is 12.3. The van der Waals surface area contributed by atoms with Gasteiger partial charge in [0.05, 0.1) is 5.69 Å². The molecule has 3 heterocycles. The van der Waals surface area contributed by atoms with Gasteiger partial charge in [-0.2, -0.15) is 0 Å². The molecular weight excluding hydrogens is 370 g/mol. The third-order valence-electron chi connectivity index (χ3n) is 5.22. The number of anilines is 2. The number of hydrogen-bond donors (Lipinski definition) is 1. The second-order valence-corrected chi connectivity index (χ2v) is 8.03. The lowest BCUT2D eigenvalue weighted by Crippen LogP contribution is -2.35. The Morgan fingerprint density at radius 3 is 2.86 bits per heavy atom. The van der Waals surface area contributed by atoms with Crippen molar-refractivity contribution in [1.82, 2.24) is 15.2 Å². The zero-order valence-corrected chi connectivity index (χ0v) is 16.1. The Hall–Kier alpha value is -3.06. The highest BCUT2D eigenvalue weighted by Crippen LogP contribution is 2.36. The van der Waals surface area contributed by atoms with Crippen molar-refractivity contribution in [3.05, 3.63) is 59.3 Å². The zero-order chi connectivity index (χ0) is 19.1. The molecular formula is C21H19N5OS. The van der Waals surface area contributed by atoms with Crippen LogP contribution in [0.5, 0.6) is 0 Å². The van der Waals surface area contributed by atoms with Crippen molar-refractivity contribution >= 4 is 33.8 Å². The average Bonchev–Trinajstić information content (AvgIpc) is 3.34. The van der Waals surface area contributed by atoms with Gasteiger partial charge in [0, 0.05) is 24.1 Å². The molecule has 2 aliphatic rings. The van der Waals surface area contributed by atoms with Gasteiger partial charge in [-0.15, -0.1) is 10.2 Å². The van der Waals surface area contributed by atoms with Gasteiger partial charge in [-0.25, -0.2) is 4.98 Å². The van der Waals surface area contributed by atoms with Crippen molar-refractivity contribution in [3.8, 4) is 10.6 Å². The molecule has 2 N–H and O–H groups in total. The van der Waals surface area contributed by atoms with Crippen LogP contribution >= 0.6 is 11.3 Å². The summed E-state index contributed by atoms with van der Waals surface area (Å²) in [6, 6.07) is 12.2. The molecule has 3 aromatic rings. The third-order valence-corrected chi connectivity index (χ3v) is 6.03. The van der Waals surface area contributed by atoms with Gasteiger partial charge in [-0.1, -0.05) is 35.6 Å². The number of rotatable bonds is 3. The molecule has 0 unspecified atom stereocenters. The average molecular weight is 389 g/mol. The lowest BCUT2D eigenvalue weighted by molar-refractivity contribution is -0.119. The predicted molar refractivity (Wildman–Crippen MR) is 111 cm³/mol. The van der Waals surface area contributed by atoms with E-state index in [1.165, 1.54) is 16.9 Å². The van der Waals surface area contributed by atoms with Gasteiger partial charge in [0.1, 0.15) is 10.8 Å². The minimum Gasteiger partial charge on any atom is -0.374 e. The van der Waals surface area contributed by atoms with Crippen molar-refractivity contribution in [2.24, 2.45) is 0 Å². The number of carbonyl (C=O) groups is 1. The fourth-order valence-electron chi connectivity index (χ4n) is 3.83. The van der Waals surface area contributed by atoms with E-state index < -0.39 is 0 Å². The van der Waals surface area contributed by atoms with Gasteiger partial charge in [0.25, 0.3) is 0 Å². The molecule has 0 atom stereocenters. The van der Waals surface area contributed by atoms with Crippen molar-refractivity contribution in [2.45, 2.75) is 25.7 Å². The standard InChI is InChI=1S/C21H19N5OS/c22-21-25-24-20(28-21)14-8-7-13-9-10-15(16(13)12-14)17-4-3-5-18(23-17)26-11-2-1-6-19(26)27/h3-5,7-8,10,12H,1-2,6,9,11H2,(H2,22,25). The summed E-state index contributed by atoms with van der Waals surface area (Å²) < 4.78 is 0. The molecule has 1 aromatic carbocycles. The number of fused-ring (bicyclic) bond motifs is 1. The van der Waals surface area contributed by atoms with Gasteiger partial charge in [0.15, 0.2) is 0 Å². The number of allylic oxidation sites excluding steroid dienone is 1. The highest BCUT2D eigenvalue weighted by molar-refractivity contribution is 7.18. The summed E-state index contributed by atoms with van der Waals surface area (Å²) in [6.45, 7) is 0.744. The largest absolute Gasteiger partial charge is 0.374 e. The predicted octanol–water partition coefficient (Wildman–Crippen LogP) is 3.69. The molecule has 28 heavy (non-hydrogen) atoms.